The highest BCUT2D eigenvalue weighted by Crippen LogP contribution is 2.26. The van der Waals surface area contributed by atoms with E-state index in [-0.39, 0.29) is 0 Å². The summed E-state index contributed by atoms with van der Waals surface area (Å²) >= 11 is 0. The van der Waals surface area contributed by atoms with Crippen molar-refractivity contribution in [2.45, 2.75) is 38.5 Å². The van der Waals surface area contributed by atoms with Gasteiger partial charge < -0.3 is 16.8 Å². The van der Waals surface area contributed by atoms with Crippen molar-refractivity contribution in [3.8, 4) is 0 Å². The van der Waals surface area contributed by atoms with E-state index < -0.39 is 5.91 Å². The molecule has 1 aromatic carbocycles. The lowest BCUT2D eigenvalue weighted by Gasteiger charge is -2.21. The molecule has 1 fully saturated rings. The zero-order valence-corrected chi connectivity index (χ0v) is 11.3. The van der Waals surface area contributed by atoms with Crippen LogP contribution < -0.4 is 16.8 Å². The lowest BCUT2D eigenvalue weighted by molar-refractivity contribution is 0.100. The molecule has 0 saturated heterocycles. The smallest absolute Gasteiger partial charge is 0.250 e. The SMILES string of the molecule is NC(=O)c1cc(NCCC2CCCCC2)ccc1N. The minimum atomic E-state index is -0.478. The molecule has 1 saturated carbocycles. The van der Waals surface area contributed by atoms with Crippen LogP contribution in [0.4, 0.5) is 11.4 Å². The van der Waals surface area contributed by atoms with Crippen LogP contribution in [-0.4, -0.2) is 12.5 Å². The molecule has 0 radical (unpaired) electrons. The van der Waals surface area contributed by atoms with Crippen molar-refractivity contribution in [2.24, 2.45) is 11.7 Å². The van der Waals surface area contributed by atoms with E-state index in [1.54, 1.807) is 12.1 Å². The van der Waals surface area contributed by atoms with Crippen LogP contribution in [0.5, 0.6) is 0 Å². The quantitative estimate of drug-likeness (QED) is 0.713. The van der Waals surface area contributed by atoms with E-state index in [1.807, 2.05) is 6.07 Å². The molecule has 0 heterocycles. The topological polar surface area (TPSA) is 81.1 Å². The fraction of sp³-hybridized carbons (Fsp3) is 0.533. The number of carbonyl (C=O) groups excluding carboxylic acids is 1. The number of hydrogen-bond donors (Lipinski definition) is 3. The van der Waals surface area contributed by atoms with Crippen molar-refractivity contribution in [1.82, 2.24) is 0 Å². The predicted octanol–water partition coefficient (Wildman–Crippen LogP) is 2.75. The van der Waals surface area contributed by atoms with Gasteiger partial charge in [-0.05, 0) is 30.5 Å². The first kappa shape index (κ1) is 13.7. The molecule has 0 bridgehead atoms. The predicted molar refractivity (Wildman–Crippen MR) is 79.1 cm³/mol. The van der Waals surface area contributed by atoms with Gasteiger partial charge in [-0.3, -0.25) is 4.79 Å². The summed E-state index contributed by atoms with van der Waals surface area (Å²) in [4.78, 5) is 11.2. The molecular formula is C15H23N3O. The third kappa shape index (κ3) is 3.88. The number of benzene rings is 1. The molecule has 1 aliphatic carbocycles. The molecule has 19 heavy (non-hydrogen) atoms. The highest BCUT2D eigenvalue weighted by Gasteiger charge is 2.13. The van der Waals surface area contributed by atoms with Gasteiger partial charge in [-0.25, -0.2) is 0 Å². The van der Waals surface area contributed by atoms with Gasteiger partial charge in [-0.1, -0.05) is 32.1 Å². The summed E-state index contributed by atoms with van der Waals surface area (Å²) in [6.45, 7) is 0.937. The summed E-state index contributed by atoms with van der Waals surface area (Å²) in [6, 6.07) is 5.35. The lowest BCUT2D eigenvalue weighted by atomic mass is 9.87. The Morgan fingerprint density at radius 1 is 1.26 bits per heavy atom. The number of hydrogen-bond acceptors (Lipinski definition) is 3. The van der Waals surface area contributed by atoms with Crippen LogP contribution in [0.1, 0.15) is 48.9 Å². The van der Waals surface area contributed by atoms with Gasteiger partial charge in [-0.2, -0.15) is 0 Å². The zero-order chi connectivity index (χ0) is 13.7. The molecule has 4 heteroatoms. The average molecular weight is 261 g/mol. The molecule has 5 N–H and O–H groups in total. The maximum atomic E-state index is 11.2. The lowest BCUT2D eigenvalue weighted by Crippen LogP contribution is -2.15. The Bertz CT molecular complexity index is 439. The fourth-order valence-electron chi connectivity index (χ4n) is 2.78. The first-order valence-corrected chi connectivity index (χ1v) is 7.10. The van der Waals surface area contributed by atoms with Crippen molar-refractivity contribution < 1.29 is 4.79 Å². The van der Waals surface area contributed by atoms with Crippen LogP contribution in [0.15, 0.2) is 18.2 Å². The number of rotatable bonds is 5. The van der Waals surface area contributed by atoms with Gasteiger partial charge in [0, 0.05) is 17.9 Å². The Morgan fingerprint density at radius 2 is 2.00 bits per heavy atom. The minimum Gasteiger partial charge on any atom is -0.398 e. The molecule has 2 rings (SSSR count). The maximum absolute atomic E-state index is 11.2. The van der Waals surface area contributed by atoms with Gasteiger partial charge in [0.05, 0.1) is 5.56 Å². The molecular weight excluding hydrogens is 238 g/mol. The monoisotopic (exact) mass is 261 g/mol. The van der Waals surface area contributed by atoms with Crippen LogP contribution in [0.2, 0.25) is 0 Å². The van der Waals surface area contributed by atoms with Gasteiger partial charge in [0.15, 0.2) is 0 Å². The Kier molecular flexibility index (Phi) is 4.66. The molecule has 1 aromatic rings. The van der Waals surface area contributed by atoms with E-state index in [0.717, 1.165) is 18.2 Å². The number of carbonyl (C=O) groups is 1. The number of primary amides is 1. The largest absolute Gasteiger partial charge is 0.398 e. The van der Waals surface area contributed by atoms with Crippen molar-refractivity contribution in [3.05, 3.63) is 23.8 Å². The standard InChI is InChI=1S/C15H23N3O/c16-14-7-6-12(10-13(14)15(17)19)18-9-8-11-4-2-1-3-5-11/h6-7,10-11,18H,1-5,8-9,16H2,(H2,17,19). The second-order valence-electron chi connectivity index (χ2n) is 5.39. The summed E-state index contributed by atoms with van der Waals surface area (Å²) in [5, 5.41) is 3.35. The number of nitrogen functional groups attached to an aromatic ring is 1. The van der Waals surface area contributed by atoms with E-state index in [4.69, 9.17) is 11.5 Å². The molecule has 0 unspecified atom stereocenters. The van der Waals surface area contributed by atoms with Crippen LogP contribution >= 0.6 is 0 Å². The molecule has 0 aliphatic heterocycles. The third-order valence-electron chi connectivity index (χ3n) is 3.93. The van der Waals surface area contributed by atoms with E-state index in [0.29, 0.717) is 11.3 Å². The summed E-state index contributed by atoms with van der Waals surface area (Å²) < 4.78 is 0. The molecule has 0 atom stereocenters. The minimum absolute atomic E-state index is 0.391. The highest BCUT2D eigenvalue weighted by molar-refractivity contribution is 5.98. The van der Waals surface area contributed by atoms with E-state index in [1.165, 1.54) is 38.5 Å². The molecule has 0 spiro atoms. The number of nitrogens with one attached hydrogen (secondary N) is 1. The third-order valence-corrected chi connectivity index (χ3v) is 3.93. The summed E-state index contributed by atoms with van der Waals surface area (Å²) in [5.41, 5.74) is 12.7. The van der Waals surface area contributed by atoms with Crippen LogP contribution in [0, 0.1) is 5.92 Å². The second-order valence-corrected chi connectivity index (χ2v) is 5.39. The average Bonchev–Trinajstić information content (AvgIpc) is 2.41. The van der Waals surface area contributed by atoms with Crippen LogP contribution in [0.3, 0.4) is 0 Å². The van der Waals surface area contributed by atoms with Gasteiger partial charge in [0.25, 0.3) is 5.91 Å². The first-order chi connectivity index (χ1) is 9.16. The normalized spacial score (nSPS) is 16.2. The zero-order valence-electron chi connectivity index (χ0n) is 11.3. The van der Waals surface area contributed by atoms with Gasteiger partial charge in [-0.15, -0.1) is 0 Å². The van der Waals surface area contributed by atoms with Crippen LogP contribution in [-0.2, 0) is 0 Å². The van der Waals surface area contributed by atoms with Crippen molar-refractivity contribution in [2.75, 3.05) is 17.6 Å². The van der Waals surface area contributed by atoms with E-state index >= 15 is 0 Å². The Labute approximate surface area is 114 Å². The van der Waals surface area contributed by atoms with Gasteiger partial charge in [0.2, 0.25) is 0 Å². The molecule has 4 nitrogen and oxygen atoms in total. The van der Waals surface area contributed by atoms with Gasteiger partial charge >= 0.3 is 0 Å². The van der Waals surface area contributed by atoms with Crippen molar-refractivity contribution in [3.63, 3.8) is 0 Å². The van der Waals surface area contributed by atoms with Gasteiger partial charge in [0.1, 0.15) is 0 Å². The Hall–Kier alpha value is -1.71. The van der Waals surface area contributed by atoms with E-state index in [9.17, 15) is 4.79 Å². The summed E-state index contributed by atoms with van der Waals surface area (Å²) in [7, 11) is 0. The first-order valence-electron chi connectivity index (χ1n) is 7.10. The number of nitrogens with two attached hydrogens (primary N) is 2. The summed E-state index contributed by atoms with van der Waals surface area (Å²) in [6.07, 6.45) is 8.04. The Morgan fingerprint density at radius 3 is 2.68 bits per heavy atom. The summed E-state index contributed by atoms with van der Waals surface area (Å²) in [5.74, 6) is 0.374. The molecule has 1 amide bonds. The molecule has 1 aliphatic rings. The molecule has 0 aromatic heterocycles. The van der Waals surface area contributed by atoms with Crippen molar-refractivity contribution in [1.29, 1.82) is 0 Å². The Balaban J connectivity index is 1.85. The number of anilines is 2. The second kappa shape index (κ2) is 6.45. The van der Waals surface area contributed by atoms with Crippen molar-refractivity contribution >= 4 is 17.3 Å². The highest BCUT2D eigenvalue weighted by atomic mass is 16.1. The molecule has 104 valence electrons. The van der Waals surface area contributed by atoms with Crippen LogP contribution in [0.25, 0.3) is 0 Å². The maximum Gasteiger partial charge on any atom is 0.250 e. The number of amides is 1. The fourth-order valence-corrected chi connectivity index (χ4v) is 2.78. The van der Waals surface area contributed by atoms with E-state index in [2.05, 4.69) is 5.32 Å².